The summed E-state index contributed by atoms with van der Waals surface area (Å²) in [6, 6.07) is 0.233. The van der Waals surface area contributed by atoms with Crippen LogP contribution in [0.3, 0.4) is 0 Å². The number of halogens is 1. The second kappa shape index (κ2) is 8.00. The molecule has 0 bridgehead atoms. The fourth-order valence-electron chi connectivity index (χ4n) is 2.38. The maximum atomic E-state index is 11.8. The van der Waals surface area contributed by atoms with E-state index < -0.39 is 0 Å². The molecule has 0 heterocycles. The van der Waals surface area contributed by atoms with E-state index in [1.54, 1.807) is 0 Å². The average molecular weight is 277 g/mol. The molecule has 1 aliphatic rings. The van der Waals surface area contributed by atoms with Crippen molar-refractivity contribution in [2.24, 2.45) is 17.1 Å². The Hall–Kier alpha value is -0.280. The van der Waals surface area contributed by atoms with E-state index in [4.69, 9.17) is 5.73 Å². The van der Waals surface area contributed by atoms with Crippen molar-refractivity contribution in [1.82, 2.24) is 5.32 Å². The molecular formula is C14H29ClN2O. The Bertz CT molecular complexity index is 251. The minimum atomic E-state index is 0. The molecule has 3 N–H and O–H groups in total. The zero-order chi connectivity index (χ0) is 12.9. The third kappa shape index (κ3) is 7.22. The Morgan fingerprint density at radius 3 is 2.44 bits per heavy atom. The quantitative estimate of drug-likeness (QED) is 0.830. The van der Waals surface area contributed by atoms with Crippen LogP contribution in [0.25, 0.3) is 0 Å². The van der Waals surface area contributed by atoms with Gasteiger partial charge in [0.25, 0.3) is 0 Å². The molecule has 0 aromatic carbocycles. The van der Waals surface area contributed by atoms with Crippen LogP contribution in [0.5, 0.6) is 0 Å². The predicted molar refractivity (Wildman–Crippen MR) is 78.9 cm³/mol. The van der Waals surface area contributed by atoms with Gasteiger partial charge in [-0.2, -0.15) is 0 Å². The van der Waals surface area contributed by atoms with Crippen molar-refractivity contribution in [3.63, 3.8) is 0 Å². The van der Waals surface area contributed by atoms with Crippen LogP contribution in [0, 0.1) is 11.3 Å². The number of nitrogens with two attached hydrogens (primary N) is 1. The lowest BCUT2D eigenvalue weighted by Gasteiger charge is -2.28. The van der Waals surface area contributed by atoms with E-state index in [2.05, 4.69) is 26.1 Å². The molecule has 108 valence electrons. The first-order valence-corrected chi connectivity index (χ1v) is 6.91. The van der Waals surface area contributed by atoms with Crippen molar-refractivity contribution in [1.29, 1.82) is 0 Å². The minimum absolute atomic E-state index is 0. The maximum Gasteiger partial charge on any atom is 0.220 e. The van der Waals surface area contributed by atoms with E-state index in [1.165, 1.54) is 12.8 Å². The number of hydrogen-bond acceptors (Lipinski definition) is 2. The molecule has 18 heavy (non-hydrogen) atoms. The van der Waals surface area contributed by atoms with Crippen molar-refractivity contribution >= 4 is 18.3 Å². The SMILES string of the molecule is CC(C)(C)CCNC(=O)CC1CCCCC1N.Cl. The molecule has 0 aliphatic heterocycles. The molecule has 2 atom stereocenters. The summed E-state index contributed by atoms with van der Waals surface area (Å²) < 4.78 is 0. The van der Waals surface area contributed by atoms with Gasteiger partial charge in [0.15, 0.2) is 0 Å². The maximum absolute atomic E-state index is 11.8. The third-order valence-corrected chi connectivity index (χ3v) is 3.61. The molecule has 4 heteroatoms. The van der Waals surface area contributed by atoms with Crippen LogP contribution in [0.4, 0.5) is 0 Å². The highest BCUT2D eigenvalue weighted by Gasteiger charge is 2.24. The summed E-state index contributed by atoms with van der Waals surface area (Å²) in [4.78, 5) is 11.8. The Morgan fingerprint density at radius 1 is 1.28 bits per heavy atom. The number of carbonyl (C=O) groups is 1. The topological polar surface area (TPSA) is 55.1 Å². The van der Waals surface area contributed by atoms with E-state index in [0.29, 0.717) is 12.3 Å². The van der Waals surface area contributed by atoms with Crippen LogP contribution in [-0.2, 0) is 4.79 Å². The molecular weight excluding hydrogens is 248 g/mol. The Labute approximate surface area is 118 Å². The molecule has 0 radical (unpaired) electrons. The first-order valence-electron chi connectivity index (χ1n) is 6.91. The minimum Gasteiger partial charge on any atom is -0.356 e. The molecule has 1 saturated carbocycles. The summed E-state index contributed by atoms with van der Waals surface area (Å²) in [6.45, 7) is 7.35. The Balaban J connectivity index is 0.00000289. The van der Waals surface area contributed by atoms with Crippen molar-refractivity contribution < 1.29 is 4.79 Å². The van der Waals surface area contributed by atoms with Gasteiger partial charge in [0.2, 0.25) is 5.91 Å². The molecule has 1 rings (SSSR count). The average Bonchev–Trinajstić information content (AvgIpc) is 2.19. The van der Waals surface area contributed by atoms with E-state index >= 15 is 0 Å². The Kier molecular flexibility index (Phi) is 7.88. The first-order chi connectivity index (χ1) is 7.88. The largest absolute Gasteiger partial charge is 0.356 e. The van der Waals surface area contributed by atoms with E-state index in [1.807, 2.05) is 0 Å². The number of nitrogens with one attached hydrogen (secondary N) is 1. The number of carbonyl (C=O) groups excluding carboxylic acids is 1. The van der Waals surface area contributed by atoms with Gasteiger partial charge in [-0.3, -0.25) is 4.79 Å². The summed E-state index contributed by atoms with van der Waals surface area (Å²) in [5.41, 5.74) is 6.33. The molecule has 2 unspecified atom stereocenters. The molecule has 0 saturated heterocycles. The fraction of sp³-hybridized carbons (Fsp3) is 0.929. The van der Waals surface area contributed by atoms with Crippen LogP contribution >= 0.6 is 12.4 Å². The highest BCUT2D eigenvalue weighted by atomic mass is 35.5. The van der Waals surface area contributed by atoms with E-state index in [0.717, 1.165) is 25.8 Å². The van der Waals surface area contributed by atoms with Gasteiger partial charge >= 0.3 is 0 Å². The fourth-order valence-corrected chi connectivity index (χ4v) is 2.38. The Morgan fingerprint density at radius 2 is 1.89 bits per heavy atom. The van der Waals surface area contributed by atoms with Crippen molar-refractivity contribution in [3.05, 3.63) is 0 Å². The predicted octanol–water partition coefficient (Wildman–Crippen LogP) is 2.87. The lowest BCUT2D eigenvalue weighted by Crippen LogP contribution is -2.37. The van der Waals surface area contributed by atoms with Crippen LogP contribution < -0.4 is 11.1 Å². The van der Waals surface area contributed by atoms with Gasteiger partial charge in [-0.15, -0.1) is 12.4 Å². The van der Waals surface area contributed by atoms with Gasteiger partial charge in [0.1, 0.15) is 0 Å². The zero-order valence-electron chi connectivity index (χ0n) is 12.0. The standard InChI is InChI=1S/C14H28N2O.ClH/c1-14(2,3)8-9-16-13(17)10-11-6-4-5-7-12(11)15;/h11-12H,4-10,15H2,1-3H3,(H,16,17);1H. The van der Waals surface area contributed by atoms with Crippen molar-refractivity contribution in [2.75, 3.05) is 6.54 Å². The molecule has 0 spiro atoms. The van der Waals surface area contributed by atoms with Gasteiger partial charge in [-0.05, 0) is 30.6 Å². The van der Waals surface area contributed by atoms with Gasteiger partial charge in [-0.1, -0.05) is 33.6 Å². The molecule has 1 aliphatic carbocycles. The molecule has 1 fully saturated rings. The van der Waals surface area contributed by atoms with E-state index in [9.17, 15) is 4.79 Å². The summed E-state index contributed by atoms with van der Waals surface area (Å²) in [7, 11) is 0. The third-order valence-electron chi connectivity index (χ3n) is 3.61. The van der Waals surface area contributed by atoms with Crippen LogP contribution in [0.15, 0.2) is 0 Å². The van der Waals surface area contributed by atoms with Crippen LogP contribution in [-0.4, -0.2) is 18.5 Å². The second-order valence-electron chi connectivity index (χ2n) is 6.57. The highest BCUT2D eigenvalue weighted by molar-refractivity contribution is 5.85. The summed E-state index contributed by atoms with van der Waals surface area (Å²) in [5, 5.41) is 3.01. The lowest BCUT2D eigenvalue weighted by molar-refractivity contribution is -0.122. The highest BCUT2D eigenvalue weighted by Crippen LogP contribution is 2.25. The van der Waals surface area contributed by atoms with Gasteiger partial charge in [0.05, 0.1) is 0 Å². The number of rotatable bonds is 4. The lowest BCUT2D eigenvalue weighted by atomic mass is 9.83. The van der Waals surface area contributed by atoms with Crippen molar-refractivity contribution in [3.8, 4) is 0 Å². The first kappa shape index (κ1) is 17.7. The van der Waals surface area contributed by atoms with Crippen LogP contribution in [0.1, 0.15) is 59.3 Å². The second-order valence-corrected chi connectivity index (χ2v) is 6.57. The molecule has 1 amide bonds. The normalized spacial score (nSPS) is 24.2. The zero-order valence-corrected chi connectivity index (χ0v) is 12.8. The monoisotopic (exact) mass is 276 g/mol. The molecule has 0 aromatic rings. The van der Waals surface area contributed by atoms with E-state index in [-0.39, 0.29) is 29.8 Å². The van der Waals surface area contributed by atoms with Gasteiger partial charge < -0.3 is 11.1 Å². The summed E-state index contributed by atoms with van der Waals surface area (Å²) in [5.74, 6) is 0.579. The van der Waals surface area contributed by atoms with Gasteiger partial charge in [0, 0.05) is 19.0 Å². The summed E-state index contributed by atoms with van der Waals surface area (Å²) in [6.07, 6.45) is 6.30. The molecule has 3 nitrogen and oxygen atoms in total. The van der Waals surface area contributed by atoms with Gasteiger partial charge in [-0.25, -0.2) is 0 Å². The van der Waals surface area contributed by atoms with Crippen molar-refractivity contribution in [2.45, 2.75) is 65.3 Å². The number of amides is 1. The summed E-state index contributed by atoms with van der Waals surface area (Å²) >= 11 is 0. The smallest absolute Gasteiger partial charge is 0.220 e. The molecule has 0 aromatic heterocycles. The van der Waals surface area contributed by atoms with Crippen LogP contribution in [0.2, 0.25) is 0 Å². The number of hydrogen-bond donors (Lipinski definition) is 2.